The van der Waals surface area contributed by atoms with Crippen molar-refractivity contribution in [3.8, 4) is 0 Å². The number of aryl methyl sites for hydroxylation is 1. The van der Waals surface area contributed by atoms with E-state index >= 15 is 0 Å². The van der Waals surface area contributed by atoms with Crippen LogP contribution in [0.2, 0.25) is 0 Å². The van der Waals surface area contributed by atoms with E-state index in [4.69, 9.17) is 0 Å². The second-order valence-electron chi connectivity index (χ2n) is 7.35. The van der Waals surface area contributed by atoms with Crippen LogP contribution in [0.15, 0.2) is 6.20 Å². The molecular weight excluding hydrogens is 348 g/mol. The molecular formula is C18H26N6OS. The zero-order valence-electron chi connectivity index (χ0n) is 15.5. The van der Waals surface area contributed by atoms with Gasteiger partial charge in [-0.05, 0) is 45.7 Å². The van der Waals surface area contributed by atoms with Gasteiger partial charge in [0.25, 0.3) is 5.91 Å². The number of rotatable bonds is 4. The van der Waals surface area contributed by atoms with E-state index in [1.807, 2.05) is 11.8 Å². The summed E-state index contributed by atoms with van der Waals surface area (Å²) in [6.07, 6.45) is 6.31. The summed E-state index contributed by atoms with van der Waals surface area (Å²) in [4.78, 5) is 22.1. The van der Waals surface area contributed by atoms with E-state index in [1.165, 1.54) is 24.2 Å². The Morgan fingerprint density at radius 1 is 1.23 bits per heavy atom. The summed E-state index contributed by atoms with van der Waals surface area (Å²) in [7, 11) is 2.06. The van der Waals surface area contributed by atoms with Gasteiger partial charge in [-0.1, -0.05) is 0 Å². The lowest BCUT2D eigenvalue weighted by molar-refractivity contribution is 0.0708. The van der Waals surface area contributed by atoms with Crippen molar-refractivity contribution < 1.29 is 4.79 Å². The highest BCUT2D eigenvalue weighted by Crippen LogP contribution is 2.28. The molecule has 0 bridgehead atoms. The van der Waals surface area contributed by atoms with Gasteiger partial charge in [0.2, 0.25) is 0 Å². The molecule has 8 heteroatoms. The molecule has 0 radical (unpaired) electrons. The maximum atomic E-state index is 12.8. The van der Waals surface area contributed by atoms with Crippen LogP contribution in [0.3, 0.4) is 0 Å². The molecule has 0 aromatic carbocycles. The molecule has 2 aromatic rings. The van der Waals surface area contributed by atoms with Crippen molar-refractivity contribution in [2.45, 2.75) is 45.1 Å². The third-order valence-corrected chi connectivity index (χ3v) is 6.37. The van der Waals surface area contributed by atoms with Crippen LogP contribution in [0.1, 0.15) is 57.9 Å². The minimum absolute atomic E-state index is 0.0970. The second kappa shape index (κ2) is 7.44. The first-order chi connectivity index (χ1) is 12.6. The molecule has 2 aliphatic heterocycles. The van der Waals surface area contributed by atoms with Crippen LogP contribution in [0.4, 0.5) is 0 Å². The normalized spacial score (nSPS) is 21.5. The largest absolute Gasteiger partial charge is 0.337 e. The van der Waals surface area contributed by atoms with E-state index in [0.717, 1.165) is 60.6 Å². The molecule has 1 atom stereocenters. The summed E-state index contributed by atoms with van der Waals surface area (Å²) in [6, 6.07) is 0. The maximum absolute atomic E-state index is 12.8. The fourth-order valence-corrected chi connectivity index (χ4v) is 4.74. The van der Waals surface area contributed by atoms with Gasteiger partial charge in [-0.25, -0.2) is 4.98 Å². The lowest BCUT2D eigenvalue weighted by atomic mass is 9.97. The highest BCUT2D eigenvalue weighted by Gasteiger charge is 2.30. The van der Waals surface area contributed by atoms with Crippen molar-refractivity contribution in [2.24, 2.45) is 7.05 Å². The summed E-state index contributed by atoms with van der Waals surface area (Å²) in [5.74, 6) is 2.40. The monoisotopic (exact) mass is 374 g/mol. The molecule has 2 fully saturated rings. The summed E-state index contributed by atoms with van der Waals surface area (Å²) >= 11 is 1.47. The van der Waals surface area contributed by atoms with Gasteiger partial charge in [0.1, 0.15) is 16.5 Å². The third kappa shape index (κ3) is 3.53. The van der Waals surface area contributed by atoms with Crippen LogP contribution >= 0.6 is 11.3 Å². The Morgan fingerprint density at radius 2 is 2.04 bits per heavy atom. The molecule has 1 amide bonds. The van der Waals surface area contributed by atoms with Gasteiger partial charge in [0, 0.05) is 26.1 Å². The van der Waals surface area contributed by atoms with E-state index in [9.17, 15) is 4.79 Å². The van der Waals surface area contributed by atoms with Crippen molar-refractivity contribution in [1.82, 2.24) is 29.5 Å². The van der Waals surface area contributed by atoms with E-state index in [-0.39, 0.29) is 11.8 Å². The number of aromatic nitrogens is 4. The molecule has 0 unspecified atom stereocenters. The quantitative estimate of drug-likeness (QED) is 0.821. The SMILES string of the molecule is Cc1ncc(C(=O)N2CCC[C@H](c3nnc(CN4CCCC4)n3C)C2)s1. The average Bonchev–Trinajstić information content (AvgIpc) is 3.38. The number of thiazole rings is 1. The van der Waals surface area contributed by atoms with E-state index in [0.29, 0.717) is 6.54 Å². The molecule has 0 aliphatic carbocycles. The number of hydrogen-bond donors (Lipinski definition) is 0. The minimum Gasteiger partial charge on any atom is -0.337 e. The van der Waals surface area contributed by atoms with Gasteiger partial charge < -0.3 is 9.47 Å². The van der Waals surface area contributed by atoms with Gasteiger partial charge >= 0.3 is 0 Å². The Balaban J connectivity index is 1.46. The average molecular weight is 375 g/mol. The van der Waals surface area contributed by atoms with Crippen LogP contribution in [0.5, 0.6) is 0 Å². The maximum Gasteiger partial charge on any atom is 0.265 e. The van der Waals surface area contributed by atoms with E-state index in [2.05, 4.69) is 31.7 Å². The molecule has 2 saturated heterocycles. The summed E-state index contributed by atoms with van der Waals surface area (Å²) in [5, 5.41) is 9.87. The fourth-order valence-electron chi connectivity index (χ4n) is 4.00. The molecule has 2 aliphatic rings. The zero-order chi connectivity index (χ0) is 18.1. The van der Waals surface area contributed by atoms with Crippen LogP contribution < -0.4 is 0 Å². The van der Waals surface area contributed by atoms with Gasteiger partial charge in [-0.2, -0.15) is 0 Å². The summed E-state index contributed by atoms with van der Waals surface area (Å²) in [5.41, 5.74) is 0. The Morgan fingerprint density at radius 3 is 2.77 bits per heavy atom. The standard InChI is InChI=1S/C18H26N6OS/c1-13-19-10-15(26-13)18(25)24-9-5-6-14(11-24)17-21-20-16(22(17)2)12-23-7-3-4-8-23/h10,14H,3-9,11-12H2,1-2H3/t14-/m0/s1. The van der Waals surface area contributed by atoms with Gasteiger partial charge in [-0.3, -0.25) is 9.69 Å². The highest BCUT2D eigenvalue weighted by atomic mass is 32.1. The first kappa shape index (κ1) is 17.6. The Hall–Kier alpha value is -1.80. The highest BCUT2D eigenvalue weighted by molar-refractivity contribution is 7.13. The first-order valence-electron chi connectivity index (χ1n) is 9.44. The van der Waals surface area contributed by atoms with Crippen molar-refractivity contribution in [3.63, 3.8) is 0 Å². The molecule has 0 saturated carbocycles. The molecule has 2 aromatic heterocycles. The van der Waals surface area contributed by atoms with Gasteiger partial charge in [0.05, 0.1) is 17.7 Å². The van der Waals surface area contributed by atoms with Gasteiger partial charge in [-0.15, -0.1) is 21.5 Å². The summed E-state index contributed by atoms with van der Waals surface area (Å²) < 4.78 is 2.15. The Labute approximate surface area is 158 Å². The predicted molar refractivity (Wildman–Crippen MR) is 100 cm³/mol. The molecule has 140 valence electrons. The molecule has 0 N–H and O–H groups in total. The van der Waals surface area contributed by atoms with Crippen LogP contribution in [0, 0.1) is 6.92 Å². The number of likely N-dealkylation sites (tertiary alicyclic amines) is 2. The number of amides is 1. The summed E-state index contributed by atoms with van der Waals surface area (Å²) in [6.45, 7) is 6.64. The third-order valence-electron chi connectivity index (χ3n) is 5.47. The Bertz CT molecular complexity index is 778. The van der Waals surface area contributed by atoms with Crippen LogP contribution in [0.25, 0.3) is 0 Å². The van der Waals surface area contributed by atoms with Crippen LogP contribution in [-0.2, 0) is 13.6 Å². The van der Waals surface area contributed by atoms with Crippen molar-refractivity contribution in [1.29, 1.82) is 0 Å². The minimum atomic E-state index is 0.0970. The predicted octanol–water partition coefficient (Wildman–Crippen LogP) is 2.20. The lowest BCUT2D eigenvalue weighted by Gasteiger charge is -2.32. The van der Waals surface area contributed by atoms with E-state index in [1.54, 1.807) is 6.20 Å². The number of hydrogen-bond acceptors (Lipinski definition) is 6. The molecule has 26 heavy (non-hydrogen) atoms. The first-order valence-corrected chi connectivity index (χ1v) is 10.3. The second-order valence-corrected chi connectivity index (χ2v) is 8.59. The van der Waals surface area contributed by atoms with Crippen molar-refractivity contribution in [3.05, 3.63) is 27.7 Å². The number of nitrogens with zero attached hydrogens (tertiary/aromatic N) is 6. The van der Waals surface area contributed by atoms with Crippen molar-refractivity contribution >= 4 is 17.2 Å². The number of piperidine rings is 1. The number of carbonyl (C=O) groups is 1. The number of carbonyl (C=O) groups excluding carboxylic acids is 1. The molecule has 4 rings (SSSR count). The van der Waals surface area contributed by atoms with E-state index < -0.39 is 0 Å². The lowest BCUT2D eigenvalue weighted by Crippen LogP contribution is -2.39. The molecule has 7 nitrogen and oxygen atoms in total. The smallest absolute Gasteiger partial charge is 0.265 e. The van der Waals surface area contributed by atoms with Gasteiger partial charge in [0.15, 0.2) is 0 Å². The van der Waals surface area contributed by atoms with Crippen molar-refractivity contribution in [2.75, 3.05) is 26.2 Å². The zero-order valence-corrected chi connectivity index (χ0v) is 16.3. The van der Waals surface area contributed by atoms with Crippen LogP contribution in [-0.4, -0.2) is 61.6 Å². The fraction of sp³-hybridized carbons (Fsp3) is 0.667. The molecule has 4 heterocycles. The molecule has 0 spiro atoms. The Kier molecular flexibility index (Phi) is 5.04. The topological polar surface area (TPSA) is 67.2 Å².